The fourth-order valence-corrected chi connectivity index (χ4v) is 2.23. The van der Waals surface area contributed by atoms with Crippen LogP contribution in [0.4, 0.5) is 0 Å². The first kappa shape index (κ1) is 14.4. The molecule has 0 amide bonds. The summed E-state index contributed by atoms with van der Waals surface area (Å²) in [5.74, 6) is 1.47. The first-order chi connectivity index (χ1) is 9.31. The molecule has 1 aromatic rings. The minimum Gasteiger partial charge on any atom is -0.497 e. The molecule has 1 aliphatic carbocycles. The predicted molar refractivity (Wildman–Crippen MR) is 77.7 cm³/mol. The van der Waals surface area contributed by atoms with Crippen molar-refractivity contribution in [2.24, 2.45) is 5.92 Å². The Bertz CT molecular complexity index is 377. The molecule has 3 nitrogen and oxygen atoms in total. The Morgan fingerprint density at radius 2 is 2.21 bits per heavy atom. The summed E-state index contributed by atoms with van der Waals surface area (Å²) in [7, 11) is 1.71. The third-order valence-electron chi connectivity index (χ3n) is 3.49. The molecule has 0 spiro atoms. The molecule has 1 aliphatic rings. The Balaban J connectivity index is 1.88. The van der Waals surface area contributed by atoms with Gasteiger partial charge in [-0.05, 0) is 49.8 Å². The van der Waals surface area contributed by atoms with Crippen LogP contribution in [0.1, 0.15) is 25.3 Å². The maximum atomic E-state index is 5.61. The van der Waals surface area contributed by atoms with Gasteiger partial charge in [-0.1, -0.05) is 12.1 Å². The first-order valence-corrected chi connectivity index (χ1v) is 7.26. The SMILES string of the molecule is CCOCC(CNC1CC1)Cc1cccc(OC)c1. The molecule has 0 saturated heterocycles. The van der Waals surface area contributed by atoms with Crippen molar-refractivity contribution in [1.29, 1.82) is 0 Å². The molecule has 1 saturated carbocycles. The average molecular weight is 263 g/mol. The van der Waals surface area contributed by atoms with Crippen LogP contribution in [0.5, 0.6) is 5.75 Å². The van der Waals surface area contributed by atoms with E-state index in [0.29, 0.717) is 5.92 Å². The molecule has 0 bridgehead atoms. The van der Waals surface area contributed by atoms with Crippen molar-refractivity contribution in [3.63, 3.8) is 0 Å². The maximum absolute atomic E-state index is 5.61. The Morgan fingerprint density at radius 3 is 2.89 bits per heavy atom. The second-order valence-corrected chi connectivity index (χ2v) is 5.26. The van der Waals surface area contributed by atoms with Crippen LogP contribution in [0, 0.1) is 5.92 Å². The number of nitrogens with one attached hydrogen (secondary N) is 1. The number of rotatable bonds is 9. The van der Waals surface area contributed by atoms with E-state index in [9.17, 15) is 0 Å². The number of hydrogen-bond acceptors (Lipinski definition) is 3. The molecule has 2 rings (SSSR count). The highest BCUT2D eigenvalue weighted by Crippen LogP contribution is 2.20. The molecule has 1 atom stereocenters. The second kappa shape index (κ2) is 7.51. The molecule has 1 N–H and O–H groups in total. The summed E-state index contributed by atoms with van der Waals surface area (Å²) in [4.78, 5) is 0. The minimum absolute atomic E-state index is 0.535. The van der Waals surface area contributed by atoms with Crippen LogP contribution in [0.25, 0.3) is 0 Å². The summed E-state index contributed by atoms with van der Waals surface area (Å²) < 4.78 is 10.9. The van der Waals surface area contributed by atoms with Crippen molar-refractivity contribution in [3.05, 3.63) is 29.8 Å². The van der Waals surface area contributed by atoms with Gasteiger partial charge in [-0.15, -0.1) is 0 Å². The van der Waals surface area contributed by atoms with Gasteiger partial charge in [0.05, 0.1) is 13.7 Å². The van der Waals surface area contributed by atoms with E-state index in [2.05, 4.69) is 30.4 Å². The maximum Gasteiger partial charge on any atom is 0.119 e. The Morgan fingerprint density at radius 1 is 1.37 bits per heavy atom. The van der Waals surface area contributed by atoms with Gasteiger partial charge in [0, 0.05) is 19.2 Å². The zero-order chi connectivity index (χ0) is 13.5. The van der Waals surface area contributed by atoms with Crippen molar-refractivity contribution in [3.8, 4) is 5.75 Å². The quantitative estimate of drug-likeness (QED) is 0.743. The second-order valence-electron chi connectivity index (χ2n) is 5.26. The normalized spacial score (nSPS) is 16.3. The van der Waals surface area contributed by atoms with E-state index in [4.69, 9.17) is 9.47 Å². The predicted octanol–water partition coefficient (Wildman–Crippen LogP) is 2.64. The monoisotopic (exact) mass is 263 g/mol. The van der Waals surface area contributed by atoms with Gasteiger partial charge in [-0.25, -0.2) is 0 Å². The van der Waals surface area contributed by atoms with Crippen LogP contribution in [-0.2, 0) is 11.2 Å². The van der Waals surface area contributed by atoms with Crippen LogP contribution in [0.2, 0.25) is 0 Å². The number of hydrogen-bond donors (Lipinski definition) is 1. The van der Waals surface area contributed by atoms with Crippen molar-refractivity contribution < 1.29 is 9.47 Å². The van der Waals surface area contributed by atoms with Gasteiger partial charge in [0.25, 0.3) is 0 Å². The summed E-state index contributed by atoms with van der Waals surface area (Å²) in [6.45, 7) is 4.71. The standard InChI is InChI=1S/C16H25NO2/c1-3-19-12-14(11-17-15-7-8-15)9-13-5-4-6-16(10-13)18-2/h4-6,10,14-15,17H,3,7-9,11-12H2,1-2H3. The molecule has 1 aromatic carbocycles. The lowest BCUT2D eigenvalue weighted by molar-refractivity contribution is 0.109. The highest BCUT2D eigenvalue weighted by atomic mass is 16.5. The summed E-state index contributed by atoms with van der Waals surface area (Å²) in [5.41, 5.74) is 1.32. The smallest absolute Gasteiger partial charge is 0.119 e. The van der Waals surface area contributed by atoms with Crippen molar-refractivity contribution in [2.45, 2.75) is 32.2 Å². The molecule has 0 aliphatic heterocycles. The highest BCUT2D eigenvalue weighted by molar-refractivity contribution is 5.28. The van der Waals surface area contributed by atoms with E-state index >= 15 is 0 Å². The average Bonchev–Trinajstić information content (AvgIpc) is 3.26. The lowest BCUT2D eigenvalue weighted by Gasteiger charge is -2.18. The molecule has 0 radical (unpaired) electrons. The minimum atomic E-state index is 0.535. The van der Waals surface area contributed by atoms with Gasteiger partial charge in [-0.3, -0.25) is 0 Å². The molecule has 106 valence electrons. The number of methoxy groups -OCH3 is 1. The third kappa shape index (κ3) is 5.21. The molecule has 0 aromatic heterocycles. The lowest BCUT2D eigenvalue weighted by Crippen LogP contribution is -2.29. The summed E-state index contributed by atoms with van der Waals surface area (Å²) in [5, 5.41) is 3.60. The van der Waals surface area contributed by atoms with Gasteiger partial charge in [0.2, 0.25) is 0 Å². The van der Waals surface area contributed by atoms with E-state index in [-0.39, 0.29) is 0 Å². The van der Waals surface area contributed by atoms with Gasteiger partial charge < -0.3 is 14.8 Å². The number of ether oxygens (including phenoxy) is 2. The Labute approximate surface area is 116 Å². The zero-order valence-electron chi connectivity index (χ0n) is 12.0. The van der Waals surface area contributed by atoms with Gasteiger partial charge in [0.1, 0.15) is 5.75 Å². The molecular formula is C16H25NO2. The van der Waals surface area contributed by atoms with Crippen molar-refractivity contribution in [1.82, 2.24) is 5.32 Å². The third-order valence-corrected chi connectivity index (χ3v) is 3.49. The molecule has 19 heavy (non-hydrogen) atoms. The Kier molecular flexibility index (Phi) is 5.67. The van der Waals surface area contributed by atoms with Gasteiger partial charge in [0.15, 0.2) is 0 Å². The van der Waals surface area contributed by atoms with Crippen LogP contribution in [0.15, 0.2) is 24.3 Å². The van der Waals surface area contributed by atoms with E-state index in [1.807, 2.05) is 6.07 Å². The van der Waals surface area contributed by atoms with Gasteiger partial charge >= 0.3 is 0 Å². The van der Waals surface area contributed by atoms with Crippen molar-refractivity contribution in [2.75, 3.05) is 26.9 Å². The van der Waals surface area contributed by atoms with E-state index in [0.717, 1.165) is 38.0 Å². The highest BCUT2D eigenvalue weighted by Gasteiger charge is 2.22. The molecule has 1 unspecified atom stereocenters. The Hall–Kier alpha value is -1.06. The lowest BCUT2D eigenvalue weighted by atomic mass is 9.99. The van der Waals surface area contributed by atoms with Crippen LogP contribution >= 0.6 is 0 Å². The summed E-state index contributed by atoms with van der Waals surface area (Å²) >= 11 is 0. The molecular weight excluding hydrogens is 238 g/mol. The van der Waals surface area contributed by atoms with Crippen molar-refractivity contribution >= 4 is 0 Å². The van der Waals surface area contributed by atoms with Crippen LogP contribution in [0.3, 0.4) is 0 Å². The summed E-state index contributed by atoms with van der Waals surface area (Å²) in [6, 6.07) is 9.09. The van der Waals surface area contributed by atoms with Gasteiger partial charge in [-0.2, -0.15) is 0 Å². The molecule has 1 fully saturated rings. The van der Waals surface area contributed by atoms with Crippen LogP contribution in [-0.4, -0.2) is 32.9 Å². The largest absolute Gasteiger partial charge is 0.497 e. The molecule has 0 heterocycles. The zero-order valence-corrected chi connectivity index (χ0v) is 12.0. The fourth-order valence-electron chi connectivity index (χ4n) is 2.23. The molecule has 3 heteroatoms. The topological polar surface area (TPSA) is 30.5 Å². The van der Waals surface area contributed by atoms with E-state index < -0.39 is 0 Å². The number of benzene rings is 1. The summed E-state index contributed by atoms with van der Waals surface area (Å²) in [6.07, 6.45) is 3.71. The van der Waals surface area contributed by atoms with E-state index in [1.165, 1.54) is 18.4 Å². The first-order valence-electron chi connectivity index (χ1n) is 7.26. The van der Waals surface area contributed by atoms with Crippen LogP contribution < -0.4 is 10.1 Å². The fraction of sp³-hybridized carbons (Fsp3) is 0.625. The van der Waals surface area contributed by atoms with E-state index in [1.54, 1.807) is 7.11 Å².